The number of nitrogens with one attached hydrogen (secondary N) is 1. The zero-order valence-corrected chi connectivity index (χ0v) is 17.2. The lowest BCUT2D eigenvalue weighted by Gasteiger charge is -2.31. The van der Waals surface area contributed by atoms with E-state index >= 15 is 0 Å². The smallest absolute Gasteiger partial charge is 0.258 e. The van der Waals surface area contributed by atoms with Crippen molar-refractivity contribution in [1.82, 2.24) is 10.3 Å². The van der Waals surface area contributed by atoms with E-state index in [1.807, 2.05) is 25.3 Å². The summed E-state index contributed by atoms with van der Waals surface area (Å²) in [5.41, 5.74) is 1.61. The zero-order valence-electron chi connectivity index (χ0n) is 17.2. The standard InChI is InChI=1S/C23H29N3O3/c1-3-21(27)19-5-7-20(8-6-19)29-16-23(28)25-15-18-4-9-22(24-14-18)26-12-10-17(2)11-13-26/h4-9,14,17H,3,10-13,15-16H2,1-2H3,(H,25,28). The van der Waals surface area contributed by atoms with Crippen molar-refractivity contribution in [2.24, 2.45) is 5.92 Å². The molecule has 3 rings (SSSR count). The van der Waals surface area contributed by atoms with E-state index in [-0.39, 0.29) is 18.3 Å². The number of aromatic nitrogens is 1. The molecule has 6 nitrogen and oxygen atoms in total. The maximum absolute atomic E-state index is 12.0. The van der Waals surface area contributed by atoms with Crippen molar-refractivity contribution in [2.75, 3.05) is 24.6 Å². The quantitative estimate of drug-likeness (QED) is 0.692. The third kappa shape index (κ3) is 6.04. The van der Waals surface area contributed by atoms with Gasteiger partial charge in [0.25, 0.3) is 5.91 Å². The highest BCUT2D eigenvalue weighted by Crippen LogP contribution is 2.21. The van der Waals surface area contributed by atoms with Crippen molar-refractivity contribution < 1.29 is 14.3 Å². The molecule has 1 aromatic carbocycles. The second-order valence-corrected chi connectivity index (χ2v) is 7.56. The first-order valence-corrected chi connectivity index (χ1v) is 10.3. The van der Waals surface area contributed by atoms with Crippen molar-refractivity contribution in [1.29, 1.82) is 0 Å². The number of carbonyl (C=O) groups excluding carboxylic acids is 2. The van der Waals surface area contributed by atoms with Crippen LogP contribution in [0, 0.1) is 5.92 Å². The monoisotopic (exact) mass is 395 g/mol. The van der Waals surface area contributed by atoms with E-state index in [1.165, 1.54) is 12.8 Å². The van der Waals surface area contributed by atoms with Gasteiger partial charge in [0.2, 0.25) is 0 Å². The molecule has 0 atom stereocenters. The Kier molecular flexibility index (Phi) is 7.22. The lowest BCUT2D eigenvalue weighted by atomic mass is 9.99. The molecule has 1 fully saturated rings. The molecular formula is C23H29N3O3. The minimum atomic E-state index is -0.201. The van der Waals surface area contributed by atoms with Crippen molar-refractivity contribution in [3.05, 3.63) is 53.7 Å². The molecule has 1 amide bonds. The fourth-order valence-corrected chi connectivity index (χ4v) is 3.29. The van der Waals surface area contributed by atoms with Crippen LogP contribution in [-0.2, 0) is 11.3 Å². The Hall–Kier alpha value is -2.89. The molecule has 1 aromatic heterocycles. The molecule has 0 aliphatic carbocycles. The minimum absolute atomic E-state index is 0.0709. The molecule has 1 N–H and O–H groups in total. The number of amides is 1. The number of pyridine rings is 1. The van der Waals surface area contributed by atoms with Crippen LogP contribution in [0.3, 0.4) is 0 Å². The highest BCUT2D eigenvalue weighted by atomic mass is 16.5. The number of Topliss-reactive ketones (excluding diaryl/α,β-unsaturated/α-hetero) is 1. The second-order valence-electron chi connectivity index (χ2n) is 7.56. The topological polar surface area (TPSA) is 71.5 Å². The van der Waals surface area contributed by atoms with Crippen LogP contribution >= 0.6 is 0 Å². The maximum Gasteiger partial charge on any atom is 0.258 e. The predicted octanol–water partition coefficient (Wildman–Crippen LogP) is 3.61. The Bertz CT molecular complexity index is 810. The SMILES string of the molecule is CCC(=O)c1ccc(OCC(=O)NCc2ccc(N3CCC(C)CC3)nc2)cc1. The van der Waals surface area contributed by atoms with Gasteiger partial charge in [0.15, 0.2) is 12.4 Å². The Morgan fingerprint density at radius 2 is 1.86 bits per heavy atom. The van der Waals surface area contributed by atoms with Gasteiger partial charge in [-0.1, -0.05) is 19.9 Å². The molecule has 6 heteroatoms. The normalized spacial score (nSPS) is 14.5. The van der Waals surface area contributed by atoms with E-state index in [2.05, 4.69) is 22.1 Å². The van der Waals surface area contributed by atoms with E-state index < -0.39 is 0 Å². The average molecular weight is 396 g/mol. The van der Waals surface area contributed by atoms with Crippen molar-refractivity contribution >= 4 is 17.5 Å². The van der Waals surface area contributed by atoms with Crippen LogP contribution in [-0.4, -0.2) is 36.4 Å². The number of ketones is 1. The van der Waals surface area contributed by atoms with Crippen LogP contribution in [0.4, 0.5) is 5.82 Å². The summed E-state index contributed by atoms with van der Waals surface area (Å²) in [5.74, 6) is 2.24. The van der Waals surface area contributed by atoms with E-state index in [0.717, 1.165) is 30.4 Å². The third-order valence-corrected chi connectivity index (χ3v) is 5.27. The molecule has 1 aliphatic heterocycles. The first-order valence-electron chi connectivity index (χ1n) is 10.3. The summed E-state index contributed by atoms with van der Waals surface area (Å²) >= 11 is 0. The lowest BCUT2D eigenvalue weighted by molar-refractivity contribution is -0.123. The third-order valence-electron chi connectivity index (χ3n) is 5.27. The molecule has 0 spiro atoms. The highest BCUT2D eigenvalue weighted by Gasteiger charge is 2.16. The van der Waals surface area contributed by atoms with Gasteiger partial charge in [0.1, 0.15) is 11.6 Å². The van der Waals surface area contributed by atoms with Gasteiger partial charge in [-0.05, 0) is 54.7 Å². The summed E-state index contributed by atoms with van der Waals surface area (Å²) in [5, 5.41) is 2.84. The molecule has 2 heterocycles. The van der Waals surface area contributed by atoms with Crippen LogP contribution in [0.1, 0.15) is 49.0 Å². The van der Waals surface area contributed by atoms with Gasteiger partial charge < -0.3 is 15.0 Å². The zero-order chi connectivity index (χ0) is 20.6. The summed E-state index contributed by atoms with van der Waals surface area (Å²) in [7, 11) is 0. The number of anilines is 1. The number of benzene rings is 1. The van der Waals surface area contributed by atoms with Crippen LogP contribution in [0.15, 0.2) is 42.6 Å². The van der Waals surface area contributed by atoms with Gasteiger partial charge in [-0.3, -0.25) is 9.59 Å². The molecule has 1 saturated heterocycles. The Morgan fingerprint density at radius 3 is 2.48 bits per heavy atom. The second kappa shape index (κ2) is 10.0. The molecule has 0 bridgehead atoms. The number of piperidine rings is 1. The fourth-order valence-electron chi connectivity index (χ4n) is 3.29. The van der Waals surface area contributed by atoms with E-state index in [0.29, 0.717) is 24.3 Å². The predicted molar refractivity (Wildman–Crippen MR) is 113 cm³/mol. The highest BCUT2D eigenvalue weighted by molar-refractivity contribution is 5.95. The van der Waals surface area contributed by atoms with E-state index in [1.54, 1.807) is 24.3 Å². The van der Waals surface area contributed by atoms with E-state index in [4.69, 9.17) is 4.74 Å². The first kappa shape index (κ1) is 20.8. The number of hydrogen-bond donors (Lipinski definition) is 1. The lowest BCUT2D eigenvalue weighted by Crippen LogP contribution is -2.33. The molecular weight excluding hydrogens is 366 g/mol. The molecule has 0 saturated carbocycles. The number of rotatable bonds is 8. The number of ether oxygens (including phenoxy) is 1. The average Bonchev–Trinajstić information content (AvgIpc) is 2.77. The van der Waals surface area contributed by atoms with E-state index in [9.17, 15) is 9.59 Å². The van der Waals surface area contributed by atoms with Crippen molar-refractivity contribution in [3.63, 3.8) is 0 Å². The maximum atomic E-state index is 12.0. The number of carbonyl (C=O) groups is 2. The summed E-state index contributed by atoms with van der Waals surface area (Å²) < 4.78 is 5.49. The van der Waals surface area contributed by atoms with Crippen molar-refractivity contribution in [3.8, 4) is 5.75 Å². The molecule has 29 heavy (non-hydrogen) atoms. The van der Waals surface area contributed by atoms with Gasteiger partial charge in [-0.25, -0.2) is 4.98 Å². The van der Waals surface area contributed by atoms with Gasteiger partial charge in [-0.2, -0.15) is 0 Å². The van der Waals surface area contributed by atoms with Crippen molar-refractivity contribution in [2.45, 2.75) is 39.7 Å². The number of hydrogen-bond acceptors (Lipinski definition) is 5. The van der Waals surface area contributed by atoms with Gasteiger partial charge in [-0.15, -0.1) is 0 Å². The fraction of sp³-hybridized carbons (Fsp3) is 0.435. The molecule has 154 valence electrons. The Balaban J connectivity index is 1.41. The molecule has 0 unspecified atom stereocenters. The Labute approximate surface area is 172 Å². The Morgan fingerprint density at radius 1 is 1.14 bits per heavy atom. The van der Waals surface area contributed by atoms with Gasteiger partial charge >= 0.3 is 0 Å². The molecule has 1 aliphatic rings. The summed E-state index contributed by atoms with van der Waals surface area (Å²) in [4.78, 5) is 30.5. The summed E-state index contributed by atoms with van der Waals surface area (Å²) in [6.07, 6.45) is 4.70. The van der Waals surface area contributed by atoms with Gasteiger partial charge in [0, 0.05) is 37.8 Å². The van der Waals surface area contributed by atoms with Gasteiger partial charge in [0.05, 0.1) is 0 Å². The summed E-state index contributed by atoms with van der Waals surface area (Å²) in [6, 6.07) is 10.9. The number of nitrogens with zero attached hydrogens (tertiary/aromatic N) is 2. The molecule has 0 radical (unpaired) electrons. The summed E-state index contributed by atoms with van der Waals surface area (Å²) in [6.45, 7) is 6.57. The van der Waals surface area contributed by atoms with Crippen LogP contribution in [0.5, 0.6) is 5.75 Å². The van der Waals surface area contributed by atoms with Crippen LogP contribution in [0.25, 0.3) is 0 Å². The molecule has 2 aromatic rings. The van der Waals surface area contributed by atoms with Crippen LogP contribution < -0.4 is 15.0 Å². The largest absolute Gasteiger partial charge is 0.484 e. The first-order chi connectivity index (χ1) is 14.0. The minimum Gasteiger partial charge on any atom is -0.484 e. The van der Waals surface area contributed by atoms with Crippen LogP contribution in [0.2, 0.25) is 0 Å².